The van der Waals surface area contributed by atoms with E-state index in [0.717, 1.165) is 18.6 Å². The minimum atomic E-state index is 0.789. The lowest BCUT2D eigenvalue weighted by atomic mass is 10.1. The summed E-state index contributed by atoms with van der Waals surface area (Å²) in [5, 5.41) is 0. The molecule has 0 fully saturated rings. The predicted molar refractivity (Wildman–Crippen MR) is 48.4 cm³/mol. The lowest BCUT2D eigenvalue weighted by molar-refractivity contribution is 0.406. The molecule has 2 heteroatoms. The summed E-state index contributed by atoms with van der Waals surface area (Å²) < 4.78 is 5.16. The van der Waals surface area contributed by atoms with Crippen molar-refractivity contribution >= 4 is 0 Å². The van der Waals surface area contributed by atoms with E-state index < -0.39 is 0 Å². The van der Waals surface area contributed by atoms with Crippen LogP contribution in [-0.4, -0.2) is 12.1 Å². The van der Waals surface area contributed by atoms with Crippen LogP contribution in [0.15, 0.2) is 6.20 Å². The molecule has 0 aliphatic carbocycles. The summed E-state index contributed by atoms with van der Waals surface area (Å²) in [7, 11) is 1.66. The van der Waals surface area contributed by atoms with Gasteiger partial charge in [0.15, 0.2) is 0 Å². The number of aromatic nitrogens is 1. The molecule has 0 saturated heterocycles. The number of pyridine rings is 1. The summed E-state index contributed by atoms with van der Waals surface area (Å²) in [6.45, 7) is 4.24. The first kappa shape index (κ1) is 9.04. The minimum Gasteiger partial charge on any atom is -0.494 e. The number of hydrogen-bond acceptors (Lipinski definition) is 2. The maximum atomic E-state index is 5.16. The van der Waals surface area contributed by atoms with Crippen molar-refractivity contribution < 1.29 is 4.74 Å². The number of nitrogens with zero attached hydrogens (tertiary/aromatic N) is 1. The second kappa shape index (κ2) is 4.10. The van der Waals surface area contributed by atoms with Gasteiger partial charge in [-0.05, 0) is 18.4 Å². The zero-order valence-electron chi connectivity index (χ0n) is 7.85. The van der Waals surface area contributed by atoms with E-state index >= 15 is 0 Å². The number of aryl methyl sites for hydroxylation is 1. The van der Waals surface area contributed by atoms with Gasteiger partial charge in [-0.15, -0.1) is 0 Å². The second-order valence-corrected chi connectivity index (χ2v) is 2.61. The Bertz CT molecular complexity index is 236. The van der Waals surface area contributed by atoms with E-state index in [4.69, 9.17) is 4.74 Å². The lowest BCUT2D eigenvalue weighted by Gasteiger charge is -2.08. The Labute approximate surface area is 73.6 Å². The van der Waals surface area contributed by atoms with Gasteiger partial charge in [0.05, 0.1) is 7.11 Å². The van der Waals surface area contributed by atoms with Crippen LogP contribution in [0, 0.1) is 6.20 Å². The average molecular weight is 164 g/mol. The molecule has 0 N–H and O–H groups in total. The number of hydrogen-bond donors (Lipinski definition) is 0. The molecular formula is C10H14NO. The molecule has 0 atom stereocenters. The first-order valence-electron chi connectivity index (χ1n) is 4.25. The topological polar surface area (TPSA) is 22.1 Å². The molecule has 1 heterocycles. The molecule has 1 rings (SSSR count). The van der Waals surface area contributed by atoms with Crippen molar-refractivity contribution in [3.05, 3.63) is 23.5 Å². The van der Waals surface area contributed by atoms with Gasteiger partial charge in [0.2, 0.25) is 0 Å². The summed E-state index contributed by atoms with van der Waals surface area (Å²) in [5.74, 6) is 0.789. The van der Waals surface area contributed by atoms with Crippen molar-refractivity contribution in [2.45, 2.75) is 26.7 Å². The van der Waals surface area contributed by atoms with Crippen molar-refractivity contribution in [1.82, 2.24) is 4.98 Å². The number of rotatable bonds is 3. The third-order valence-electron chi connectivity index (χ3n) is 1.99. The third kappa shape index (κ3) is 1.58. The van der Waals surface area contributed by atoms with Gasteiger partial charge in [0.1, 0.15) is 11.9 Å². The SMILES string of the molecule is CCc1cn[c]c(OC)c1CC. The Morgan fingerprint density at radius 2 is 2.17 bits per heavy atom. The molecule has 0 unspecified atom stereocenters. The summed E-state index contributed by atoms with van der Waals surface area (Å²) in [6, 6.07) is 0. The fraction of sp³-hybridized carbons (Fsp3) is 0.500. The zero-order valence-corrected chi connectivity index (χ0v) is 7.85. The van der Waals surface area contributed by atoms with Crippen LogP contribution in [0.1, 0.15) is 25.0 Å². The van der Waals surface area contributed by atoms with E-state index in [1.165, 1.54) is 11.1 Å². The van der Waals surface area contributed by atoms with E-state index in [1.807, 2.05) is 6.20 Å². The molecule has 0 bridgehead atoms. The van der Waals surface area contributed by atoms with Crippen LogP contribution in [0.5, 0.6) is 5.75 Å². The van der Waals surface area contributed by atoms with Gasteiger partial charge in [0, 0.05) is 11.8 Å². The Hall–Kier alpha value is -1.05. The summed E-state index contributed by atoms with van der Waals surface area (Å²) in [6.07, 6.45) is 6.68. The quantitative estimate of drug-likeness (QED) is 0.681. The maximum Gasteiger partial charge on any atom is 0.150 e. The highest BCUT2D eigenvalue weighted by molar-refractivity contribution is 5.36. The fourth-order valence-electron chi connectivity index (χ4n) is 1.32. The normalized spacial score (nSPS) is 9.92. The highest BCUT2D eigenvalue weighted by Crippen LogP contribution is 2.20. The number of methoxy groups -OCH3 is 1. The molecule has 0 aromatic carbocycles. The molecule has 1 aromatic rings. The minimum absolute atomic E-state index is 0.789. The molecule has 1 aromatic heterocycles. The van der Waals surface area contributed by atoms with Gasteiger partial charge in [0.25, 0.3) is 0 Å². The molecule has 65 valence electrons. The molecule has 0 aliphatic rings. The largest absolute Gasteiger partial charge is 0.494 e. The Balaban J connectivity index is 3.13. The van der Waals surface area contributed by atoms with Crippen molar-refractivity contribution in [3.8, 4) is 5.75 Å². The Morgan fingerprint density at radius 1 is 1.42 bits per heavy atom. The van der Waals surface area contributed by atoms with E-state index in [2.05, 4.69) is 25.0 Å². The second-order valence-electron chi connectivity index (χ2n) is 2.61. The molecule has 0 aliphatic heterocycles. The first-order chi connectivity index (χ1) is 5.83. The summed E-state index contributed by atoms with van der Waals surface area (Å²) in [5.41, 5.74) is 2.49. The third-order valence-corrected chi connectivity index (χ3v) is 1.99. The van der Waals surface area contributed by atoms with E-state index in [1.54, 1.807) is 7.11 Å². The van der Waals surface area contributed by atoms with Gasteiger partial charge >= 0.3 is 0 Å². The van der Waals surface area contributed by atoms with E-state index in [9.17, 15) is 0 Å². The van der Waals surface area contributed by atoms with E-state index in [-0.39, 0.29) is 0 Å². The van der Waals surface area contributed by atoms with Gasteiger partial charge in [-0.25, -0.2) is 0 Å². The molecule has 0 saturated carbocycles. The smallest absolute Gasteiger partial charge is 0.150 e. The van der Waals surface area contributed by atoms with Crippen LogP contribution in [-0.2, 0) is 12.8 Å². The molecule has 0 spiro atoms. The van der Waals surface area contributed by atoms with Gasteiger partial charge in [-0.3, -0.25) is 4.98 Å². The molecule has 2 nitrogen and oxygen atoms in total. The lowest BCUT2D eigenvalue weighted by Crippen LogP contribution is -1.97. The van der Waals surface area contributed by atoms with Crippen molar-refractivity contribution in [2.75, 3.05) is 7.11 Å². The standard InChI is InChI=1S/C10H14NO/c1-4-8-6-11-7-10(12-3)9(8)5-2/h6H,4-5H2,1-3H3. The maximum absolute atomic E-state index is 5.16. The average Bonchev–Trinajstić information content (AvgIpc) is 2.16. The van der Waals surface area contributed by atoms with Crippen LogP contribution < -0.4 is 4.74 Å². The highest BCUT2D eigenvalue weighted by atomic mass is 16.5. The summed E-state index contributed by atoms with van der Waals surface area (Å²) in [4.78, 5) is 3.98. The molecular weight excluding hydrogens is 150 g/mol. The van der Waals surface area contributed by atoms with Crippen molar-refractivity contribution in [1.29, 1.82) is 0 Å². The van der Waals surface area contributed by atoms with Crippen molar-refractivity contribution in [2.24, 2.45) is 0 Å². The molecule has 1 radical (unpaired) electrons. The Kier molecular flexibility index (Phi) is 3.09. The van der Waals surface area contributed by atoms with Crippen molar-refractivity contribution in [3.63, 3.8) is 0 Å². The van der Waals surface area contributed by atoms with Gasteiger partial charge in [-0.2, -0.15) is 0 Å². The molecule has 12 heavy (non-hydrogen) atoms. The molecule has 0 amide bonds. The van der Waals surface area contributed by atoms with Gasteiger partial charge < -0.3 is 4.74 Å². The Morgan fingerprint density at radius 3 is 2.67 bits per heavy atom. The monoisotopic (exact) mass is 164 g/mol. The first-order valence-corrected chi connectivity index (χ1v) is 4.25. The van der Waals surface area contributed by atoms with Gasteiger partial charge in [-0.1, -0.05) is 13.8 Å². The van der Waals surface area contributed by atoms with Crippen LogP contribution in [0.25, 0.3) is 0 Å². The number of ether oxygens (including phenoxy) is 1. The van der Waals surface area contributed by atoms with Crippen LogP contribution in [0.3, 0.4) is 0 Å². The summed E-state index contributed by atoms with van der Waals surface area (Å²) >= 11 is 0. The fourth-order valence-corrected chi connectivity index (χ4v) is 1.32. The van der Waals surface area contributed by atoms with Crippen LogP contribution in [0.4, 0.5) is 0 Å². The van der Waals surface area contributed by atoms with Crippen LogP contribution >= 0.6 is 0 Å². The van der Waals surface area contributed by atoms with E-state index in [0.29, 0.717) is 0 Å². The van der Waals surface area contributed by atoms with Crippen LogP contribution in [0.2, 0.25) is 0 Å². The zero-order chi connectivity index (χ0) is 8.97. The predicted octanol–water partition coefficient (Wildman–Crippen LogP) is 2.02. The highest BCUT2D eigenvalue weighted by Gasteiger charge is 2.05.